The molecule has 6 aromatic rings. The molecule has 0 spiro atoms. The van der Waals surface area contributed by atoms with Crippen molar-refractivity contribution in [2.24, 2.45) is 11.8 Å². The van der Waals surface area contributed by atoms with E-state index in [2.05, 4.69) is 38.0 Å². The van der Waals surface area contributed by atoms with E-state index in [1.165, 1.54) is 0 Å². The van der Waals surface area contributed by atoms with Gasteiger partial charge in [-0.1, -0.05) is 35.3 Å². The van der Waals surface area contributed by atoms with Crippen molar-refractivity contribution in [1.82, 2.24) is 24.8 Å². The van der Waals surface area contributed by atoms with Crippen molar-refractivity contribution in [2.75, 3.05) is 13.1 Å². The van der Waals surface area contributed by atoms with Gasteiger partial charge in [0.15, 0.2) is 5.82 Å². The zero-order chi connectivity index (χ0) is 37.0. The van der Waals surface area contributed by atoms with E-state index < -0.39 is 5.82 Å². The number of aromatic nitrogens is 3. The van der Waals surface area contributed by atoms with Crippen molar-refractivity contribution in [3.05, 3.63) is 86.4 Å². The lowest BCUT2D eigenvalue weighted by Crippen LogP contribution is -2.41. The molecule has 5 aliphatic rings. The predicted octanol–water partition coefficient (Wildman–Crippen LogP) is 9.65. The van der Waals surface area contributed by atoms with Crippen LogP contribution >= 0.6 is 34.5 Å². The number of carbonyl (C=O) groups excluding carboxylic acids is 1. The molecule has 1 amide bonds. The second-order valence-corrected chi connectivity index (χ2v) is 17.4. The molecule has 8 nitrogen and oxygen atoms in total. The minimum absolute atomic E-state index is 0.0396. The Labute approximate surface area is 325 Å². The van der Waals surface area contributed by atoms with Gasteiger partial charge < -0.3 is 19.5 Å². The van der Waals surface area contributed by atoms with E-state index in [0.717, 1.165) is 63.4 Å². The summed E-state index contributed by atoms with van der Waals surface area (Å²) in [7, 11) is 0. The first kappa shape index (κ1) is 34.2. The van der Waals surface area contributed by atoms with Crippen LogP contribution in [0.4, 0.5) is 4.39 Å². The second kappa shape index (κ2) is 12.9. The van der Waals surface area contributed by atoms with Crippen LogP contribution in [0.3, 0.4) is 0 Å². The normalized spacial score (nSPS) is 23.4. The number of thiazole rings is 1. The van der Waals surface area contributed by atoms with Crippen LogP contribution in [0.15, 0.2) is 48.5 Å². The Kier molecular flexibility index (Phi) is 8.19. The number of nitrogens with one attached hydrogen (secondary N) is 1. The van der Waals surface area contributed by atoms with Crippen molar-refractivity contribution >= 4 is 72.5 Å². The molecular formula is C42H37Cl2FN6O2S. The summed E-state index contributed by atoms with van der Waals surface area (Å²) in [5.74, 6) is 0.898. The highest BCUT2D eigenvalue weighted by molar-refractivity contribution is 7.18. The van der Waals surface area contributed by atoms with E-state index >= 15 is 4.39 Å². The number of rotatable bonds is 8. The highest BCUT2D eigenvalue weighted by Gasteiger charge is 2.51. The molecule has 3 saturated heterocycles. The SMILES string of the molecule is Cc1nc2cc(OC3CC(c4cc5c(C)nc6c(F)c(-c7cccc(Cl)c7Cl)c(CCC#N)cc6c5n4C4C5CNC4C5)N(C(=O)C4CC4)C3)ccc2s1. The highest BCUT2D eigenvalue weighted by atomic mass is 35.5. The summed E-state index contributed by atoms with van der Waals surface area (Å²) < 4.78 is 27.5. The molecular weight excluding hydrogens is 742 g/mol. The lowest BCUT2D eigenvalue weighted by molar-refractivity contribution is -0.133. The third-order valence-corrected chi connectivity index (χ3v) is 13.8. The van der Waals surface area contributed by atoms with Crippen LogP contribution in [0.2, 0.25) is 10.0 Å². The fraction of sp³-hybridized carbons (Fsp3) is 0.381. The van der Waals surface area contributed by atoms with Gasteiger partial charge in [0, 0.05) is 70.7 Å². The minimum Gasteiger partial charge on any atom is -0.488 e. The van der Waals surface area contributed by atoms with Gasteiger partial charge in [-0.15, -0.1) is 11.3 Å². The number of nitriles is 1. The van der Waals surface area contributed by atoms with Crippen LogP contribution < -0.4 is 10.1 Å². The first-order valence-corrected chi connectivity index (χ1v) is 20.3. The van der Waals surface area contributed by atoms with E-state index in [1.54, 1.807) is 29.5 Å². The monoisotopic (exact) mass is 778 g/mol. The van der Waals surface area contributed by atoms with E-state index in [0.29, 0.717) is 58.1 Å². The molecule has 54 heavy (non-hydrogen) atoms. The standard InChI is InChI=1S/C42H37Cl2FN6O2S/c1-20-28-17-34(33-16-26(19-50(33)42(52)22-8-9-22)53-25-10-11-35-31(15-25)49-21(2)54-35)51(40-24-14-32(40)47-18-24)41(28)29-13-23(5-4-12-46)36(38(45)39(29)48-20)27-6-3-7-30(43)37(27)44/h3,6-7,10-11,13,15,17,22,24,26,32-33,40,47H,4-5,8-9,14,16,18-19H2,1-2H3. The molecule has 5 fully saturated rings. The van der Waals surface area contributed by atoms with Gasteiger partial charge in [0.25, 0.3) is 0 Å². The molecule has 3 aromatic heterocycles. The molecule has 3 aliphatic heterocycles. The van der Waals surface area contributed by atoms with Gasteiger partial charge in [-0.05, 0) is 81.3 Å². The molecule has 6 heterocycles. The van der Waals surface area contributed by atoms with Crippen molar-refractivity contribution in [1.29, 1.82) is 5.26 Å². The Bertz CT molecular complexity index is 2580. The molecule has 2 saturated carbocycles. The highest BCUT2D eigenvalue weighted by Crippen LogP contribution is 2.51. The number of likely N-dealkylation sites (tertiary alicyclic amines) is 1. The van der Waals surface area contributed by atoms with E-state index in [9.17, 15) is 10.1 Å². The number of hydrogen-bond acceptors (Lipinski definition) is 7. The summed E-state index contributed by atoms with van der Waals surface area (Å²) in [6.07, 6.45) is 3.84. The number of hydrogen-bond donors (Lipinski definition) is 1. The number of fused-ring (bicyclic) bond motifs is 5. The number of carbonyl (C=O) groups is 1. The number of aryl methyl sites for hydroxylation is 3. The largest absolute Gasteiger partial charge is 0.488 e. The van der Waals surface area contributed by atoms with Crippen molar-refractivity contribution in [3.63, 3.8) is 0 Å². The Morgan fingerprint density at radius 1 is 1.11 bits per heavy atom. The van der Waals surface area contributed by atoms with Gasteiger partial charge in [-0.2, -0.15) is 5.26 Å². The third-order valence-electron chi connectivity index (χ3n) is 12.0. The fourth-order valence-corrected chi connectivity index (χ4v) is 10.6. The van der Waals surface area contributed by atoms with Crippen LogP contribution in [0.25, 0.3) is 43.1 Å². The first-order valence-electron chi connectivity index (χ1n) is 18.7. The summed E-state index contributed by atoms with van der Waals surface area (Å²) in [6, 6.07) is 17.9. The quantitative estimate of drug-likeness (QED) is 0.165. The molecule has 0 radical (unpaired) electrons. The summed E-state index contributed by atoms with van der Waals surface area (Å²) in [4.78, 5) is 25.8. The molecule has 12 heteroatoms. The Balaban J connectivity index is 1.16. The van der Waals surface area contributed by atoms with E-state index in [1.807, 2.05) is 32.0 Å². The van der Waals surface area contributed by atoms with Crippen LogP contribution in [0.1, 0.15) is 66.1 Å². The van der Waals surface area contributed by atoms with Crippen LogP contribution in [-0.4, -0.2) is 50.6 Å². The Morgan fingerprint density at radius 3 is 2.72 bits per heavy atom. The number of ether oxygens (including phenoxy) is 1. The zero-order valence-corrected chi connectivity index (χ0v) is 32.2. The number of halogens is 3. The smallest absolute Gasteiger partial charge is 0.226 e. The van der Waals surface area contributed by atoms with Gasteiger partial charge in [0.05, 0.1) is 55.5 Å². The third kappa shape index (κ3) is 5.42. The number of benzene rings is 3. The lowest BCUT2D eigenvalue weighted by atomic mass is 9.79. The lowest BCUT2D eigenvalue weighted by Gasteiger charge is -2.39. The van der Waals surface area contributed by atoms with Crippen molar-refractivity contribution in [2.45, 2.75) is 76.6 Å². The van der Waals surface area contributed by atoms with Gasteiger partial charge in [0.2, 0.25) is 5.91 Å². The molecule has 2 aliphatic carbocycles. The molecule has 11 rings (SSSR count). The van der Waals surface area contributed by atoms with E-state index in [4.69, 9.17) is 32.9 Å². The van der Waals surface area contributed by atoms with Crippen molar-refractivity contribution in [3.8, 4) is 22.9 Å². The Morgan fingerprint density at radius 2 is 1.96 bits per heavy atom. The second-order valence-electron chi connectivity index (χ2n) is 15.4. The van der Waals surface area contributed by atoms with Crippen molar-refractivity contribution < 1.29 is 13.9 Å². The topological polar surface area (TPSA) is 96.1 Å². The number of pyridine rings is 1. The van der Waals surface area contributed by atoms with Gasteiger partial charge >= 0.3 is 0 Å². The van der Waals surface area contributed by atoms with E-state index in [-0.39, 0.29) is 53.0 Å². The Hall–Kier alpha value is -4.27. The maximum Gasteiger partial charge on any atom is 0.226 e. The summed E-state index contributed by atoms with van der Waals surface area (Å²) in [5.41, 5.74) is 5.31. The molecule has 5 unspecified atom stereocenters. The predicted molar refractivity (Wildman–Crippen MR) is 211 cm³/mol. The molecule has 274 valence electrons. The summed E-state index contributed by atoms with van der Waals surface area (Å²) >= 11 is 14.8. The summed E-state index contributed by atoms with van der Waals surface area (Å²) in [6.45, 7) is 5.34. The molecule has 1 N–H and O–H groups in total. The maximum atomic E-state index is 17.2. The zero-order valence-electron chi connectivity index (χ0n) is 29.8. The first-order chi connectivity index (χ1) is 26.2. The molecule has 2 bridgehead atoms. The average molecular weight is 780 g/mol. The van der Waals surface area contributed by atoms with Crippen LogP contribution in [-0.2, 0) is 11.2 Å². The number of amides is 1. The van der Waals surface area contributed by atoms with Crippen LogP contribution in [0.5, 0.6) is 5.75 Å². The average Bonchev–Trinajstić information content (AvgIpc) is 3.55. The van der Waals surface area contributed by atoms with Crippen LogP contribution in [0, 0.1) is 42.8 Å². The van der Waals surface area contributed by atoms with Gasteiger partial charge in [0.1, 0.15) is 17.4 Å². The van der Waals surface area contributed by atoms with Gasteiger partial charge in [-0.3, -0.25) is 4.79 Å². The van der Waals surface area contributed by atoms with Gasteiger partial charge in [-0.25, -0.2) is 14.4 Å². The molecule has 3 aromatic carbocycles. The number of nitrogens with zero attached hydrogens (tertiary/aromatic N) is 5. The molecule has 5 atom stereocenters. The maximum absolute atomic E-state index is 17.2. The summed E-state index contributed by atoms with van der Waals surface area (Å²) in [5, 5.41) is 16.6. The minimum atomic E-state index is -0.481. The fourth-order valence-electron chi connectivity index (χ4n) is 9.36.